The minimum absolute atomic E-state index is 0.486. The molecule has 2 heteroatoms. The molecular weight excluding hydrogens is 220 g/mol. The first-order chi connectivity index (χ1) is 8.69. The highest BCUT2D eigenvalue weighted by molar-refractivity contribution is 5.19. The number of rotatable bonds is 8. The highest BCUT2D eigenvalue weighted by Gasteiger charge is 2.17. The van der Waals surface area contributed by atoms with Crippen LogP contribution in [0.5, 0.6) is 0 Å². The minimum atomic E-state index is 0.486. The van der Waals surface area contributed by atoms with Gasteiger partial charge in [-0.05, 0) is 31.1 Å². The van der Waals surface area contributed by atoms with Gasteiger partial charge in [-0.25, -0.2) is 0 Å². The molecule has 1 N–H and O–H groups in total. The van der Waals surface area contributed by atoms with Gasteiger partial charge in [0.15, 0.2) is 0 Å². The monoisotopic (exact) mass is 248 g/mol. The molecule has 0 saturated carbocycles. The van der Waals surface area contributed by atoms with Crippen molar-refractivity contribution in [2.24, 2.45) is 5.92 Å². The summed E-state index contributed by atoms with van der Waals surface area (Å²) in [4.78, 5) is 2.52. The lowest BCUT2D eigenvalue weighted by atomic mass is 10.0. The summed E-state index contributed by atoms with van der Waals surface area (Å²) in [5.41, 5.74) is 1.41. The van der Waals surface area contributed by atoms with Gasteiger partial charge in [-0.2, -0.15) is 0 Å². The van der Waals surface area contributed by atoms with Crippen molar-refractivity contribution in [3.63, 3.8) is 0 Å². The Balaban J connectivity index is 2.69. The minimum Gasteiger partial charge on any atom is -0.315 e. The number of nitrogens with one attached hydrogen (secondary N) is 1. The van der Waals surface area contributed by atoms with Crippen molar-refractivity contribution >= 4 is 0 Å². The second kappa shape index (κ2) is 8.28. The molecule has 0 aromatic heterocycles. The Labute approximate surface area is 112 Å². The Kier molecular flexibility index (Phi) is 6.99. The molecule has 1 unspecified atom stereocenters. The molecule has 0 aliphatic rings. The van der Waals surface area contributed by atoms with E-state index in [1.54, 1.807) is 0 Å². The third kappa shape index (κ3) is 4.79. The predicted molar refractivity (Wildman–Crippen MR) is 79.8 cm³/mol. The Morgan fingerprint density at radius 3 is 2.11 bits per heavy atom. The Morgan fingerprint density at radius 1 is 1.00 bits per heavy atom. The molecular formula is C16H28N2. The zero-order valence-corrected chi connectivity index (χ0v) is 12.3. The third-order valence-corrected chi connectivity index (χ3v) is 3.33. The number of likely N-dealkylation sites (N-methyl/N-ethyl adjacent to an activating group) is 1. The maximum absolute atomic E-state index is 3.59. The first-order valence-electron chi connectivity index (χ1n) is 7.18. The van der Waals surface area contributed by atoms with E-state index in [0.29, 0.717) is 12.0 Å². The van der Waals surface area contributed by atoms with Crippen molar-refractivity contribution in [1.29, 1.82) is 0 Å². The average molecular weight is 248 g/mol. The summed E-state index contributed by atoms with van der Waals surface area (Å²) >= 11 is 0. The summed E-state index contributed by atoms with van der Waals surface area (Å²) in [6.45, 7) is 13.3. The molecule has 102 valence electrons. The van der Waals surface area contributed by atoms with Crippen LogP contribution in [-0.2, 0) is 0 Å². The Morgan fingerprint density at radius 2 is 1.61 bits per heavy atom. The van der Waals surface area contributed by atoms with Crippen LogP contribution in [0.25, 0.3) is 0 Å². The Hall–Kier alpha value is -0.860. The van der Waals surface area contributed by atoms with E-state index >= 15 is 0 Å². The maximum atomic E-state index is 3.59. The molecule has 1 rings (SSSR count). The van der Waals surface area contributed by atoms with Crippen LogP contribution in [0.1, 0.15) is 39.3 Å². The molecule has 0 spiro atoms. The number of hydrogen-bond acceptors (Lipinski definition) is 2. The fourth-order valence-electron chi connectivity index (χ4n) is 2.31. The lowest BCUT2D eigenvalue weighted by Crippen LogP contribution is -2.36. The average Bonchev–Trinajstić information content (AvgIpc) is 2.39. The van der Waals surface area contributed by atoms with Gasteiger partial charge in [-0.15, -0.1) is 0 Å². The highest BCUT2D eigenvalue weighted by atomic mass is 15.2. The molecule has 1 atom stereocenters. The largest absolute Gasteiger partial charge is 0.315 e. The van der Waals surface area contributed by atoms with E-state index in [0.717, 1.165) is 26.2 Å². The number of hydrogen-bond donors (Lipinski definition) is 1. The summed E-state index contributed by atoms with van der Waals surface area (Å²) in [5.74, 6) is 0.707. The van der Waals surface area contributed by atoms with Gasteiger partial charge >= 0.3 is 0 Å². The highest BCUT2D eigenvalue weighted by Crippen LogP contribution is 2.19. The maximum Gasteiger partial charge on any atom is 0.0472 e. The topological polar surface area (TPSA) is 15.3 Å². The fourth-order valence-corrected chi connectivity index (χ4v) is 2.31. The molecule has 1 aromatic rings. The molecule has 0 heterocycles. The summed E-state index contributed by atoms with van der Waals surface area (Å²) < 4.78 is 0. The molecule has 0 bridgehead atoms. The Bertz CT molecular complexity index is 304. The van der Waals surface area contributed by atoms with Gasteiger partial charge in [0.2, 0.25) is 0 Å². The van der Waals surface area contributed by atoms with E-state index in [2.05, 4.69) is 68.2 Å². The van der Waals surface area contributed by atoms with Crippen molar-refractivity contribution in [3.05, 3.63) is 35.9 Å². The first-order valence-corrected chi connectivity index (χ1v) is 7.18. The number of benzene rings is 1. The van der Waals surface area contributed by atoms with Gasteiger partial charge in [0, 0.05) is 12.6 Å². The van der Waals surface area contributed by atoms with Crippen LogP contribution in [-0.4, -0.2) is 31.1 Å². The molecule has 18 heavy (non-hydrogen) atoms. The van der Waals surface area contributed by atoms with Gasteiger partial charge in [-0.3, -0.25) is 4.90 Å². The SMILES string of the molecule is CCN(CC)C(CNCC(C)C)c1ccccc1. The van der Waals surface area contributed by atoms with Crippen LogP contribution in [0.15, 0.2) is 30.3 Å². The molecule has 0 aliphatic heterocycles. The van der Waals surface area contributed by atoms with Gasteiger partial charge < -0.3 is 5.32 Å². The van der Waals surface area contributed by atoms with Crippen LogP contribution >= 0.6 is 0 Å². The van der Waals surface area contributed by atoms with Crippen LogP contribution in [0.2, 0.25) is 0 Å². The standard InChI is InChI=1S/C16H28N2/c1-5-18(6-2)16(13-17-12-14(3)4)15-10-8-7-9-11-15/h7-11,14,16-17H,5-6,12-13H2,1-4H3. The van der Waals surface area contributed by atoms with Crippen LogP contribution in [0, 0.1) is 5.92 Å². The second-order valence-corrected chi connectivity index (χ2v) is 5.20. The molecule has 0 amide bonds. The summed E-state index contributed by atoms with van der Waals surface area (Å²) in [6.07, 6.45) is 0. The third-order valence-electron chi connectivity index (χ3n) is 3.33. The van der Waals surface area contributed by atoms with Crippen molar-refractivity contribution in [3.8, 4) is 0 Å². The lowest BCUT2D eigenvalue weighted by molar-refractivity contribution is 0.212. The van der Waals surface area contributed by atoms with E-state index in [1.807, 2.05) is 0 Å². The normalized spacial score (nSPS) is 13.2. The van der Waals surface area contributed by atoms with E-state index in [-0.39, 0.29) is 0 Å². The smallest absolute Gasteiger partial charge is 0.0472 e. The van der Waals surface area contributed by atoms with Crippen molar-refractivity contribution in [1.82, 2.24) is 10.2 Å². The molecule has 0 saturated heterocycles. The zero-order chi connectivity index (χ0) is 13.4. The lowest BCUT2D eigenvalue weighted by Gasteiger charge is -2.30. The predicted octanol–water partition coefficient (Wildman–Crippen LogP) is 3.32. The van der Waals surface area contributed by atoms with Crippen LogP contribution < -0.4 is 5.32 Å². The molecule has 2 nitrogen and oxygen atoms in total. The summed E-state index contributed by atoms with van der Waals surface area (Å²) in [5, 5.41) is 3.59. The van der Waals surface area contributed by atoms with Gasteiger partial charge in [0.25, 0.3) is 0 Å². The van der Waals surface area contributed by atoms with E-state index in [1.165, 1.54) is 5.56 Å². The van der Waals surface area contributed by atoms with Crippen molar-refractivity contribution in [2.45, 2.75) is 33.7 Å². The quantitative estimate of drug-likeness (QED) is 0.759. The van der Waals surface area contributed by atoms with Crippen molar-refractivity contribution in [2.75, 3.05) is 26.2 Å². The molecule has 0 radical (unpaired) electrons. The zero-order valence-electron chi connectivity index (χ0n) is 12.3. The first kappa shape index (κ1) is 15.2. The van der Waals surface area contributed by atoms with E-state index in [9.17, 15) is 0 Å². The molecule has 1 aromatic carbocycles. The summed E-state index contributed by atoms with van der Waals surface area (Å²) in [7, 11) is 0. The molecule has 0 aliphatic carbocycles. The van der Waals surface area contributed by atoms with E-state index < -0.39 is 0 Å². The van der Waals surface area contributed by atoms with Crippen LogP contribution in [0.4, 0.5) is 0 Å². The summed E-state index contributed by atoms with van der Waals surface area (Å²) in [6, 6.07) is 11.3. The van der Waals surface area contributed by atoms with Crippen molar-refractivity contribution < 1.29 is 0 Å². The van der Waals surface area contributed by atoms with E-state index in [4.69, 9.17) is 0 Å². The van der Waals surface area contributed by atoms with Gasteiger partial charge in [0.1, 0.15) is 0 Å². The second-order valence-electron chi connectivity index (χ2n) is 5.20. The molecule has 0 fully saturated rings. The fraction of sp³-hybridized carbons (Fsp3) is 0.625. The van der Waals surface area contributed by atoms with Gasteiger partial charge in [-0.1, -0.05) is 58.0 Å². The van der Waals surface area contributed by atoms with Gasteiger partial charge in [0.05, 0.1) is 0 Å². The van der Waals surface area contributed by atoms with Crippen LogP contribution in [0.3, 0.4) is 0 Å². The number of nitrogens with zero attached hydrogens (tertiary/aromatic N) is 1.